The molecule has 0 bridgehead atoms. The highest BCUT2D eigenvalue weighted by Gasteiger charge is 2.43. The second-order valence-corrected chi connectivity index (χ2v) is 10.4. The lowest BCUT2D eigenvalue weighted by Crippen LogP contribution is -2.38. The molecule has 10 nitrogen and oxygen atoms in total. The van der Waals surface area contributed by atoms with Gasteiger partial charge in [0.1, 0.15) is 29.4 Å². The molecule has 2 heterocycles. The molecule has 0 saturated carbocycles. The number of hydrogen-bond donors (Lipinski definition) is 1. The van der Waals surface area contributed by atoms with Crippen LogP contribution < -0.4 is 20.7 Å². The Balaban J connectivity index is 1.57. The Labute approximate surface area is 244 Å². The van der Waals surface area contributed by atoms with Gasteiger partial charge in [-0.15, -0.1) is 0 Å². The van der Waals surface area contributed by atoms with Gasteiger partial charge in [0, 0.05) is 18.2 Å². The molecule has 3 aromatic carbocycles. The normalized spacial score (nSPS) is 18.9. The molecule has 1 saturated heterocycles. The molecule has 42 heavy (non-hydrogen) atoms. The summed E-state index contributed by atoms with van der Waals surface area (Å²) in [4.78, 5) is 26.8. The summed E-state index contributed by atoms with van der Waals surface area (Å²) in [6.45, 7) is 1.64. The fraction of sp³-hybridized carbons (Fsp3) is 0.290. The largest absolute Gasteiger partial charge is 0.497 e. The molecule has 1 unspecified atom stereocenters. The number of aromatic nitrogens is 2. The van der Waals surface area contributed by atoms with E-state index in [1.807, 2.05) is 78.9 Å². The molecular weight excluding hydrogens is 559 g/mol. The van der Waals surface area contributed by atoms with Gasteiger partial charge >= 0.3 is 5.69 Å². The van der Waals surface area contributed by atoms with Crippen LogP contribution in [0.4, 0.5) is 0 Å². The number of aryl methyl sites for hydroxylation is 1. The molecule has 0 amide bonds. The average molecular weight is 593 g/mol. The monoisotopic (exact) mass is 592 g/mol. The lowest BCUT2D eigenvalue weighted by molar-refractivity contribution is -0.0907. The second kappa shape index (κ2) is 12.9. The van der Waals surface area contributed by atoms with Crippen molar-refractivity contribution in [2.75, 3.05) is 20.8 Å². The lowest BCUT2D eigenvalue weighted by atomic mass is 9.80. The van der Waals surface area contributed by atoms with Crippen LogP contribution in [0.25, 0.3) is 0 Å². The van der Waals surface area contributed by atoms with Crippen molar-refractivity contribution in [1.82, 2.24) is 9.55 Å². The van der Waals surface area contributed by atoms with Crippen molar-refractivity contribution in [2.24, 2.45) is 0 Å². The summed E-state index contributed by atoms with van der Waals surface area (Å²) >= 11 is 0. The molecule has 11 heteroatoms. The number of methoxy groups -OCH3 is 2. The van der Waals surface area contributed by atoms with Gasteiger partial charge in [-0.3, -0.25) is 18.9 Å². The Bertz CT molecular complexity index is 1570. The molecule has 4 atom stereocenters. The van der Waals surface area contributed by atoms with Crippen LogP contribution in [0.3, 0.4) is 0 Å². The van der Waals surface area contributed by atoms with E-state index < -0.39 is 44.0 Å². The number of nitrogens with zero attached hydrogens (tertiary/aromatic N) is 1. The molecular formula is C31H33N2O8P. The Kier molecular flexibility index (Phi) is 9.09. The maximum Gasteiger partial charge on any atom is 0.330 e. The van der Waals surface area contributed by atoms with Crippen LogP contribution in [0.5, 0.6) is 11.5 Å². The smallest absolute Gasteiger partial charge is 0.330 e. The SMILES string of the molecule is COc1ccc(C(OC[C@H]2O[C@@H](n3cc(C)c(=O)[nH]c3=O)C[C@@H]2O[PH2]=O)(c2ccccc2)c2ccc(OC)cc2)cc1. The van der Waals surface area contributed by atoms with E-state index in [0.717, 1.165) is 16.7 Å². The molecule has 0 spiro atoms. The quantitative estimate of drug-likeness (QED) is 0.203. The second-order valence-electron chi connectivity index (χ2n) is 9.93. The van der Waals surface area contributed by atoms with Gasteiger partial charge in [0.05, 0.1) is 26.9 Å². The van der Waals surface area contributed by atoms with Gasteiger partial charge in [-0.05, 0) is 47.9 Å². The van der Waals surface area contributed by atoms with Crippen LogP contribution in [-0.4, -0.2) is 42.6 Å². The topological polar surface area (TPSA) is 118 Å². The first-order chi connectivity index (χ1) is 20.4. The van der Waals surface area contributed by atoms with Crippen molar-refractivity contribution in [2.45, 2.75) is 37.4 Å². The summed E-state index contributed by atoms with van der Waals surface area (Å²) in [5.41, 5.74) is 0.767. The summed E-state index contributed by atoms with van der Waals surface area (Å²) in [6, 6.07) is 25.1. The zero-order valence-corrected chi connectivity index (χ0v) is 24.7. The van der Waals surface area contributed by atoms with Crippen molar-refractivity contribution in [3.05, 3.63) is 128 Å². The Morgan fingerprint density at radius 1 is 0.905 bits per heavy atom. The van der Waals surface area contributed by atoms with Crippen molar-refractivity contribution in [1.29, 1.82) is 0 Å². The van der Waals surface area contributed by atoms with E-state index in [0.29, 0.717) is 17.1 Å². The van der Waals surface area contributed by atoms with Crippen LogP contribution in [0.15, 0.2) is 94.6 Å². The molecule has 0 aliphatic carbocycles. The molecule has 0 radical (unpaired) electrons. The number of ether oxygens (including phenoxy) is 4. The third-order valence-electron chi connectivity index (χ3n) is 7.50. The third kappa shape index (κ3) is 5.84. The van der Waals surface area contributed by atoms with E-state index in [1.54, 1.807) is 21.1 Å². The molecule has 1 N–H and O–H groups in total. The Morgan fingerprint density at radius 3 is 2.02 bits per heavy atom. The summed E-state index contributed by atoms with van der Waals surface area (Å²) in [5.74, 6) is 1.40. The Hall–Kier alpha value is -3.95. The molecule has 4 aromatic rings. The van der Waals surface area contributed by atoms with Gasteiger partial charge in [0.25, 0.3) is 5.56 Å². The van der Waals surface area contributed by atoms with E-state index in [9.17, 15) is 14.2 Å². The zero-order chi connectivity index (χ0) is 29.7. The predicted molar refractivity (Wildman–Crippen MR) is 158 cm³/mol. The first-order valence-corrected chi connectivity index (χ1v) is 14.4. The van der Waals surface area contributed by atoms with Gasteiger partial charge < -0.3 is 23.5 Å². The van der Waals surface area contributed by atoms with Crippen molar-refractivity contribution >= 4 is 8.69 Å². The number of nitrogens with one attached hydrogen (secondary N) is 1. The molecule has 1 aliphatic rings. The number of aromatic amines is 1. The number of hydrogen-bond acceptors (Lipinski definition) is 8. The third-order valence-corrected chi connectivity index (χ3v) is 7.97. The van der Waals surface area contributed by atoms with Gasteiger partial charge in [0.15, 0.2) is 8.69 Å². The number of H-pyrrole nitrogens is 1. The van der Waals surface area contributed by atoms with Crippen LogP contribution in [0.2, 0.25) is 0 Å². The van der Waals surface area contributed by atoms with Crippen molar-refractivity contribution in [3.8, 4) is 11.5 Å². The Morgan fingerprint density at radius 2 is 1.48 bits per heavy atom. The van der Waals surface area contributed by atoms with Crippen LogP contribution >= 0.6 is 8.69 Å². The van der Waals surface area contributed by atoms with E-state index >= 15 is 0 Å². The highest BCUT2D eigenvalue weighted by Crippen LogP contribution is 2.43. The molecule has 1 aliphatic heterocycles. The standard InChI is InChI=1S/C31H33N2O8P/c1-20-18-33(30(35)32-29(20)34)28-17-26(41-42-36)27(40-28)19-39-31(21-7-5-4-6-8-21,22-9-13-24(37-2)14-10-22)23-11-15-25(38-3)16-12-23/h4-16,18,26-28H,17,19,42H2,1-3H3,(H,32,34,35)/t26-,27+,28+/m0/s1. The number of rotatable bonds is 11. The van der Waals surface area contributed by atoms with Gasteiger partial charge in [-0.25, -0.2) is 4.79 Å². The number of benzene rings is 3. The molecule has 1 fully saturated rings. The van der Waals surface area contributed by atoms with E-state index in [-0.39, 0.29) is 13.0 Å². The highest BCUT2D eigenvalue weighted by atomic mass is 31.1. The van der Waals surface area contributed by atoms with Crippen LogP contribution in [0, 0.1) is 6.92 Å². The fourth-order valence-corrected chi connectivity index (χ4v) is 5.75. The van der Waals surface area contributed by atoms with E-state index in [1.165, 1.54) is 10.8 Å². The van der Waals surface area contributed by atoms with E-state index in [4.69, 9.17) is 23.5 Å². The molecule has 5 rings (SSSR count). The first-order valence-electron chi connectivity index (χ1n) is 13.4. The zero-order valence-electron chi connectivity index (χ0n) is 23.5. The lowest BCUT2D eigenvalue weighted by Gasteiger charge is -2.37. The van der Waals surface area contributed by atoms with Crippen molar-refractivity contribution < 1.29 is 28.0 Å². The fourth-order valence-electron chi connectivity index (χ4n) is 5.32. The van der Waals surface area contributed by atoms with Crippen LogP contribution in [0.1, 0.15) is 34.9 Å². The predicted octanol–water partition coefficient (Wildman–Crippen LogP) is 4.21. The summed E-state index contributed by atoms with van der Waals surface area (Å²) in [5, 5.41) is 0. The molecule has 1 aromatic heterocycles. The minimum atomic E-state index is -1.54. The average Bonchev–Trinajstić information content (AvgIpc) is 3.42. The minimum absolute atomic E-state index is 0.0324. The van der Waals surface area contributed by atoms with Crippen LogP contribution in [-0.2, 0) is 24.2 Å². The van der Waals surface area contributed by atoms with E-state index in [2.05, 4.69) is 4.98 Å². The summed E-state index contributed by atoms with van der Waals surface area (Å²) in [6.07, 6.45) is -0.320. The highest BCUT2D eigenvalue weighted by molar-refractivity contribution is 7.17. The maximum absolute atomic E-state index is 12.6. The van der Waals surface area contributed by atoms with Gasteiger partial charge in [-0.1, -0.05) is 54.6 Å². The molecule has 220 valence electrons. The maximum atomic E-state index is 12.6. The van der Waals surface area contributed by atoms with Gasteiger partial charge in [0.2, 0.25) is 0 Å². The summed E-state index contributed by atoms with van der Waals surface area (Å²) < 4.78 is 42.6. The minimum Gasteiger partial charge on any atom is -0.497 e. The summed E-state index contributed by atoms with van der Waals surface area (Å²) in [7, 11) is 1.68. The first kappa shape index (κ1) is 29.5. The van der Waals surface area contributed by atoms with Crippen molar-refractivity contribution in [3.63, 3.8) is 0 Å². The van der Waals surface area contributed by atoms with Gasteiger partial charge in [-0.2, -0.15) is 0 Å².